The van der Waals surface area contributed by atoms with Gasteiger partial charge in [-0.1, -0.05) is 36.4 Å². The highest BCUT2D eigenvalue weighted by Gasteiger charge is 2.17. The molecule has 0 bridgehead atoms. The number of esters is 1. The van der Waals surface area contributed by atoms with Crippen LogP contribution in [0.15, 0.2) is 48.8 Å². The maximum atomic E-state index is 11.9. The minimum atomic E-state index is -0.406. The largest absolute Gasteiger partial charge is 0.461 e. The van der Waals surface area contributed by atoms with Gasteiger partial charge in [-0.05, 0) is 23.8 Å². The zero-order valence-corrected chi connectivity index (χ0v) is 11.1. The van der Waals surface area contributed by atoms with E-state index in [0.717, 1.165) is 16.3 Å². The maximum absolute atomic E-state index is 11.9. The number of nitrogens with zero attached hydrogens (tertiary/aromatic N) is 1. The predicted molar refractivity (Wildman–Crippen MR) is 77.5 cm³/mol. The molecule has 0 atom stereocenters. The molecule has 0 saturated heterocycles. The van der Waals surface area contributed by atoms with E-state index in [1.54, 1.807) is 6.92 Å². The molecule has 0 spiro atoms. The van der Waals surface area contributed by atoms with Crippen LogP contribution in [0.1, 0.15) is 17.4 Å². The summed E-state index contributed by atoms with van der Waals surface area (Å²) in [6.45, 7) is 2.11. The number of nitrogens with one attached hydrogen (secondary N) is 1. The minimum Gasteiger partial charge on any atom is -0.461 e. The van der Waals surface area contributed by atoms with Crippen LogP contribution in [0, 0.1) is 0 Å². The first kappa shape index (κ1) is 12.4. The molecule has 1 heterocycles. The van der Waals surface area contributed by atoms with E-state index in [2.05, 4.69) is 16.0 Å². The molecule has 4 nitrogen and oxygen atoms in total. The molecular weight excluding hydrogens is 252 g/mol. The molecule has 3 rings (SSSR count). The van der Waals surface area contributed by atoms with Gasteiger partial charge in [-0.2, -0.15) is 0 Å². The highest BCUT2D eigenvalue weighted by molar-refractivity contribution is 5.96. The first-order chi connectivity index (χ1) is 9.79. The van der Waals surface area contributed by atoms with E-state index in [0.29, 0.717) is 18.0 Å². The maximum Gasteiger partial charge on any atom is 0.359 e. The second kappa shape index (κ2) is 5.17. The van der Waals surface area contributed by atoms with E-state index in [1.807, 2.05) is 36.4 Å². The van der Waals surface area contributed by atoms with E-state index in [9.17, 15) is 4.79 Å². The van der Waals surface area contributed by atoms with E-state index in [4.69, 9.17) is 4.74 Å². The lowest BCUT2D eigenvalue weighted by Crippen LogP contribution is -2.06. The Labute approximate surface area is 116 Å². The Bertz CT molecular complexity index is 762. The quantitative estimate of drug-likeness (QED) is 0.739. The Balaban J connectivity index is 2.07. The fraction of sp³-hybridized carbons (Fsp3) is 0.125. The molecule has 0 unspecified atom stereocenters. The molecule has 0 fully saturated rings. The van der Waals surface area contributed by atoms with Gasteiger partial charge in [-0.15, -0.1) is 0 Å². The molecule has 100 valence electrons. The number of aromatic nitrogens is 2. The van der Waals surface area contributed by atoms with Crippen molar-refractivity contribution >= 4 is 16.7 Å². The lowest BCUT2D eigenvalue weighted by atomic mass is 10.0. The Hall–Kier alpha value is -2.62. The molecule has 4 heteroatoms. The summed E-state index contributed by atoms with van der Waals surface area (Å²) in [4.78, 5) is 18.9. The van der Waals surface area contributed by atoms with Crippen LogP contribution >= 0.6 is 0 Å². The van der Waals surface area contributed by atoms with Gasteiger partial charge in [0.2, 0.25) is 0 Å². The number of ether oxygens (including phenoxy) is 1. The SMILES string of the molecule is CCOC(=O)c1nc[nH]c1-c1ccc2ccccc2c1. The molecule has 0 aliphatic carbocycles. The average molecular weight is 266 g/mol. The molecule has 0 saturated carbocycles. The predicted octanol–water partition coefficient (Wildman–Crippen LogP) is 3.41. The first-order valence-electron chi connectivity index (χ1n) is 6.49. The number of imidazole rings is 1. The van der Waals surface area contributed by atoms with E-state index in [-0.39, 0.29) is 0 Å². The first-order valence-corrected chi connectivity index (χ1v) is 6.49. The molecule has 1 N–H and O–H groups in total. The van der Waals surface area contributed by atoms with Gasteiger partial charge in [0.25, 0.3) is 0 Å². The van der Waals surface area contributed by atoms with Crippen LogP contribution in [0.5, 0.6) is 0 Å². The van der Waals surface area contributed by atoms with Gasteiger partial charge in [0.15, 0.2) is 5.69 Å². The van der Waals surface area contributed by atoms with Crippen molar-refractivity contribution in [2.45, 2.75) is 6.92 Å². The van der Waals surface area contributed by atoms with Crippen molar-refractivity contribution in [1.29, 1.82) is 0 Å². The summed E-state index contributed by atoms with van der Waals surface area (Å²) < 4.78 is 5.01. The van der Waals surface area contributed by atoms with Crippen LogP contribution in [0.3, 0.4) is 0 Å². The van der Waals surface area contributed by atoms with Crippen LogP contribution < -0.4 is 0 Å². The molecule has 0 radical (unpaired) electrons. The monoisotopic (exact) mass is 266 g/mol. The Kier molecular flexibility index (Phi) is 3.21. The van der Waals surface area contributed by atoms with Crippen LogP contribution in [0.25, 0.3) is 22.0 Å². The number of benzene rings is 2. The molecule has 0 aliphatic rings. The number of rotatable bonds is 3. The number of fused-ring (bicyclic) bond motifs is 1. The summed E-state index contributed by atoms with van der Waals surface area (Å²) in [5.74, 6) is -0.406. The molecule has 0 amide bonds. The topological polar surface area (TPSA) is 55.0 Å². The summed E-state index contributed by atoms with van der Waals surface area (Å²) in [5, 5.41) is 2.28. The molecule has 2 aromatic carbocycles. The lowest BCUT2D eigenvalue weighted by Gasteiger charge is -2.04. The van der Waals surface area contributed by atoms with Gasteiger partial charge in [-0.3, -0.25) is 0 Å². The Morgan fingerprint density at radius 2 is 2.00 bits per heavy atom. The van der Waals surface area contributed by atoms with Gasteiger partial charge in [0.05, 0.1) is 18.6 Å². The summed E-state index contributed by atoms with van der Waals surface area (Å²) in [5.41, 5.74) is 1.93. The van der Waals surface area contributed by atoms with Crippen LogP contribution in [0.4, 0.5) is 0 Å². The highest BCUT2D eigenvalue weighted by Crippen LogP contribution is 2.25. The third-order valence-corrected chi connectivity index (χ3v) is 3.15. The average Bonchev–Trinajstić information content (AvgIpc) is 2.96. The summed E-state index contributed by atoms with van der Waals surface area (Å²) >= 11 is 0. The summed E-state index contributed by atoms with van der Waals surface area (Å²) in [6, 6.07) is 14.1. The van der Waals surface area contributed by atoms with Crippen molar-refractivity contribution in [3.05, 3.63) is 54.5 Å². The molecule has 3 aromatic rings. The lowest BCUT2D eigenvalue weighted by molar-refractivity contribution is 0.0521. The van der Waals surface area contributed by atoms with Crippen molar-refractivity contribution in [2.75, 3.05) is 6.61 Å². The molecule has 1 aromatic heterocycles. The number of hydrogen-bond donors (Lipinski definition) is 1. The Morgan fingerprint density at radius 3 is 2.80 bits per heavy atom. The highest BCUT2D eigenvalue weighted by atomic mass is 16.5. The molecule has 20 heavy (non-hydrogen) atoms. The summed E-state index contributed by atoms with van der Waals surface area (Å²) in [6.07, 6.45) is 1.51. The number of hydrogen-bond acceptors (Lipinski definition) is 3. The third-order valence-electron chi connectivity index (χ3n) is 3.15. The van der Waals surface area contributed by atoms with Crippen molar-refractivity contribution in [3.63, 3.8) is 0 Å². The van der Waals surface area contributed by atoms with Crippen molar-refractivity contribution in [3.8, 4) is 11.3 Å². The standard InChI is InChI=1S/C16H14N2O2/c1-2-20-16(19)15-14(17-10-18-15)13-8-7-11-5-3-4-6-12(11)9-13/h3-10H,2H2,1H3,(H,17,18). The third kappa shape index (κ3) is 2.16. The Morgan fingerprint density at radius 1 is 1.20 bits per heavy atom. The van der Waals surface area contributed by atoms with E-state index < -0.39 is 5.97 Å². The zero-order chi connectivity index (χ0) is 13.9. The second-order valence-electron chi connectivity index (χ2n) is 4.41. The summed E-state index contributed by atoms with van der Waals surface area (Å²) in [7, 11) is 0. The van der Waals surface area contributed by atoms with Gasteiger partial charge in [0.1, 0.15) is 0 Å². The van der Waals surface area contributed by atoms with Gasteiger partial charge < -0.3 is 9.72 Å². The number of carbonyl (C=O) groups is 1. The zero-order valence-electron chi connectivity index (χ0n) is 11.1. The van der Waals surface area contributed by atoms with Crippen LogP contribution in [-0.2, 0) is 4.74 Å². The fourth-order valence-corrected chi connectivity index (χ4v) is 2.21. The normalized spacial score (nSPS) is 10.7. The van der Waals surface area contributed by atoms with Crippen molar-refractivity contribution in [2.24, 2.45) is 0 Å². The number of H-pyrrole nitrogens is 1. The minimum absolute atomic E-state index is 0.321. The van der Waals surface area contributed by atoms with Crippen molar-refractivity contribution < 1.29 is 9.53 Å². The number of aromatic amines is 1. The smallest absolute Gasteiger partial charge is 0.359 e. The molecular formula is C16H14N2O2. The van der Waals surface area contributed by atoms with Gasteiger partial charge >= 0.3 is 5.97 Å². The van der Waals surface area contributed by atoms with Crippen LogP contribution in [0.2, 0.25) is 0 Å². The molecule has 0 aliphatic heterocycles. The second-order valence-corrected chi connectivity index (χ2v) is 4.41. The van der Waals surface area contributed by atoms with Crippen molar-refractivity contribution in [1.82, 2.24) is 9.97 Å². The van der Waals surface area contributed by atoms with E-state index >= 15 is 0 Å². The van der Waals surface area contributed by atoms with E-state index in [1.165, 1.54) is 6.33 Å². The fourth-order valence-electron chi connectivity index (χ4n) is 2.21. The van der Waals surface area contributed by atoms with Gasteiger partial charge in [0, 0.05) is 5.56 Å². The number of carbonyl (C=O) groups excluding carboxylic acids is 1. The van der Waals surface area contributed by atoms with Crippen LogP contribution in [-0.4, -0.2) is 22.5 Å². The van der Waals surface area contributed by atoms with Gasteiger partial charge in [-0.25, -0.2) is 9.78 Å².